The van der Waals surface area contributed by atoms with E-state index in [1.54, 1.807) is 12.1 Å². The van der Waals surface area contributed by atoms with Gasteiger partial charge in [0.1, 0.15) is 18.1 Å². The Morgan fingerprint density at radius 1 is 1.12 bits per heavy atom. The van der Waals surface area contributed by atoms with Gasteiger partial charge in [0.05, 0.1) is 6.61 Å². The van der Waals surface area contributed by atoms with Crippen molar-refractivity contribution in [2.24, 2.45) is 0 Å². The van der Waals surface area contributed by atoms with E-state index in [9.17, 15) is 5.11 Å². The lowest BCUT2D eigenvalue weighted by atomic mass is 10.2. The minimum atomic E-state index is 0.238. The third-order valence-corrected chi connectivity index (χ3v) is 2.17. The van der Waals surface area contributed by atoms with Crippen molar-refractivity contribution < 1.29 is 14.6 Å². The van der Waals surface area contributed by atoms with Crippen LogP contribution in [0.25, 0.3) is 0 Å². The normalized spacial score (nSPS) is 10.4. The molecule has 90 valence electrons. The molecule has 0 bridgehead atoms. The topological polar surface area (TPSA) is 38.7 Å². The maximum absolute atomic E-state index is 9.36. The van der Waals surface area contributed by atoms with Crippen LogP contribution in [0, 0.1) is 6.92 Å². The second kappa shape index (κ2) is 7.12. The molecular weight excluding hydrogens is 204 g/mol. The molecule has 0 aromatic heterocycles. The molecule has 0 atom stereocenters. The molecule has 0 amide bonds. The Balaban J connectivity index is 2.21. The largest absolute Gasteiger partial charge is 0.508 e. The third-order valence-electron chi connectivity index (χ3n) is 2.17. The van der Waals surface area contributed by atoms with Gasteiger partial charge in [-0.1, -0.05) is 13.3 Å². The van der Waals surface area contributed by atoms with Crippen molar-refractivity contribution >= 4 is 0 Å². The molecule has 0 aliphatic carbocycles. The smallest absolute Gasteiger partial charge is 0.123 e. The first-order valence-corrected chi connectivity index (χ1v) is 5.73. The summed E-state index contributed by atoms with van der Waals surface area (Å²) in [6.07, 6.45) is 2.23. The average Bonchev–Trinajstić information content (AvgIpc) is 2.22. The van der Waals surface area contributed by atoms with E-state index in [2.05, 4.69) is 6.92 Å². The number of rotatable bonds is 7. The van der Waals surface area contributed by atoms with Crippen LogP contribution in [0.4, 0.5) is 0 Å². The fourth-order valence-electron chi connectivity index (χ4n) is 1.38. The minimum Gasteiger partial charge on any atom is -0.508 e. The minimum absolute atomic E-state index is 0.238. The van der Waals surface area contributed by atoms with Crippen molar-refractivity contribution in [3.8, 4) is 11.5 Å². The number of hydrogen-bond acceptors (Lipinski definition) is 3. The van der Waals surface area contributed by atoms with Crippen LogP contribution in [0.1, 0.15) is 25.3 Å². The molecule has 1 aromatic carbocycles. The molecule has 0 fully saturated rings. The highest BCUT2D eigenvalue weighted by atomic mass is 16.5. The summed E-state index contributed by atoms with van der Waals surface area (Å²) >= 11 is 0. The zero-order valence-electron chi connectivity index (χ0n) is 10.0. The molecule has 0 saturated heterocycles. The van der Waals surface area contributed by atoms with Crippen molar-refractivity contribution in [3.63, 3.8) is 0 Å². The van der Waals surface area contributed by atoms with Gasteiger partial charge < -0.3 is 14.6 Å². The fourth-order valence-corrected chi connectivity index (χ4v) is 1.38. The van der Waals surface area contributed by atoms with Gasteiger partial charge in [-0.2, -0.15) is 0 Å². The highest BCUT2D eigenvalue weighted by molar-refractivity contribution is 5.36. The zero-order valence-corrected chi connectivity index (χ0v) is 10.0. The van der Waals surface area contributed by atoms with Crippen molar-refractivity contribution in [1.82, 2.24) is 0 Å². The second-order valence-corrected chi connectivity index (χ2v) is 3.82. The Labute approximate surface area is 97.0 Å². The van der Waals surface area contributed by atoms with Crippen LogP contribution in [0.2, 0.25) is 0 Å². The standard InChI is InChI=1S/C13H20O3/c1-3-4-5-15-6-7-16-13-9-11(2)8-12(14)10-13/h8-10,14H,3-7H2,1-2H3. The van der Waals surface area contributed by atoms with Crippen LogP contribution in [-0.4, -0.2) is 24.9 Å². The van der Waals surface area contributed by atoms with E-state index < -0.39 is 0 Å². The summed E-state index contributed by atoms with van der Waals surface area (Å²) in [5.74, 6) is 0.929. The van der Waals surface area contributed by atoms with Gasteiger partial charge >= 0.3 is 0 Å². The summed E-state index contributed by atoms with van der Waals surface area (Å²) in [6.45, 7) is 5.96. The highest BCUT2D eigenvalue weighted by Crippen LogP contribution is 2.20. The average molecular weight is 224 g/mol. The van der Waals surface area contributed by atoms with Crippen LogP contribution >= 0.6 is 0 Å². The molecule has 3 nitrogen and oxygen atoms in total. The number of unbranched alkanes of at least 4 members (excludes halogenated alkanes) is 1. The van der Waals surface area contributed by atoms with Crippen molar-refractivity contribution in [2.75, 3.05) is 19.8 Å². The molecule has 0 radical (unpaired) electrons. The van der Waals surface area contributed by atoms with Gasteiger partial charge in [-0.3, -0.25) is 0 Å². The Morgan fingerprint density at radius 2 is 1.94 bits per heavy atom. The van der Waals surface area contributed by atoms with Gasteiger partial charge in [0.25, 0.3) is 0 Å². The Kier molecular flexibility index (Phi) is 5.72. The maximum atomic E-state index is 9.36. The lowest BCUT2D eigenvalue weighted by Crippen LogP contribution is -2.07. The second-order valence-electron chi connectivity index (χ2n) is 3.82. The number of aromatic hydroxyl groups is 1. The molecule has 1 aromatic rings. The number of ether oxygens (including phenoxy) is 2. The zero-order chi connectivity index (χ0) is 11.8. The summed E-state index contributed by atoms with van der Waals surface area (Å²) < 4.78 is 10.8. The highest BCUT2D eigenvalue weighted by Gasteiger charge is 1.98. The van der Waals surface area contributed by atoms with Crippen LogP contribution in [-0.2, 0) is 4.74 Å². The van der Waals surface area contributed by atoms with Crippen LogP contribution in [0.15, 0.2) is 18.2 Å². The SMILES string of the molecule is CCCCOCCOc1cc(C)cc(O)c1. The van der Waals surface area contributed by atoms with Gasteiger partial charge in [0.15, 0.2) is 0 Å². The summed E-state index contributed by atoms with van der Waals surface area (Å²) in [5.41, 5.74) is 0.988. The predicted octanol–water partition coefficient (Wildman–Crippen LogP) is 2.90. The molecule has 0 saturated carbocycles. The molecule has 0 spiro atoms. The molecule has 0 heterocycles. The molecular formula is C13H20O3. The monoisotopic (exact) mass is 224 g/mol. The predicted molar refractivity (Wildman–Crippen MR) is 64.1 cm³/mol. The van der Waals surface area contributed by atoms with Crippen molar-refractivity contribution in [2.45, 2.75) is 26.7 Å². The lowest BCUT2D eigenvalue weighted by molar-refractivity contribution is 0.0979. The lowest BCUT2D eigenvalue weighted by Gasteiger charge is -2.08. The van der Waals surface area contributed by atoms with E-state index in [1.807, 2.05) is 13.0 Å². The Bertz CT molecular complexity index is 290. The molecule has 0 aliphatic rings. The van der Waals surface area contributed by atoms with Crippen molar-refractivity contribution in [1.29, 1.82) is 0 Å². The first-order valence-electron chi connectivity index (χ1n) is 5.73. The van der Waals surface area contributed by atoms with Gasteiger partial charge in [0.2, 0.25) is 0 Å². The summed E-state index contributed by atoms with van der Waals surface area (Å²) in [5, 5.41) is 9.36. The number of phenolic OH excluding ortho intramolecular Hbond substituents is 1. The molecule has 1 rings (SSSR count). The van der Waals surface area contributed by atoms with E-state index in [1.165, 1.54) is 0 Å². The fraction of sp³-hybridized carbons (Fsp3) is 0.538. The maximum Gasteiger partial charge on any atom is 0.123 e. The van der Waals surface area contributed by atoms with Crippen molar-refractivity contribution in [3.05, 3.63) is 23.8 Å². The Morgan fingerprint density at radius 3 is 2.62 bits per heavy atom. The number of hydrogen-bond donors (Lipinski definition) is 1. The molecule has 0 unspecified atom stereocenters. The number of phenols is 1. The number of aryl methyl sites for hydroxylation is 1. The van der Waals surface area contributed by atoms with E-state index in [0.717, 1.165) is 25.0 Å². The van der Waals surface area contributed by atoms with Gasteiger partial charge in [0, 0.05) is 12.7 Å². The van der Waals surface area contributed by atoms with Gasteiger partial charge in [-0.25, -0.2) is 0 Å². The van der Waals surface area contributed by atoms with E-state index in [0.29, 0.717) is 19.0 Å². The third kappa shape index (κ3) is 5.03. The van der Waals surface area contributed by atoms with E-state index in [-0.39, 0.29) is 5.75 Å². The molecule has 0 aliphatic heterocycles. The number of benzene rings is 1. The summed E-state index contributed by atoms with van der Waals surface area (Å²) in [6, 6.07) is 5.20. The van der Waals surface area contributed by atoms with Crippen LogP contribution in [0.3, 0.4) is 0 Å². The van der Waals surface area contributed by atoms with E-state index >= 15 is 0 Å². The summed E-state index contributed by atoms with van der Waals surface area (Å²) in [7, 11) is 0. The van der Waals surface area contributed by atoms with Gasteiger partial charge in [-0.15, -0.1) is 0 Å². The molecule has 3 heteroatoms. The molecule has 16 heavy (non-hydrogen) atoms. The first-order chi connectivity index (χ1) is 7.72. The van der Waals surface area contributed by atoms with Crippen LogP contribution in [0.5, 0.6) is 11.5 Å². The van der Waals surface area contributed by atoms with Crippen LogP contribution < -0.4 is 4.74 Å². The first kappa shape index (κ1) is 12.8. The van der Waals surface area contributed by atoms with Gasteiger partial charge in [-0.05, 0) is 31.0 Å². The summed E-state index contributed by atoms with van der Waals surface area (Å²) in [4.78, 5) is 0. The van der Waals surface area contributed by atoms with E-state index in [4.69, 9.17) is 9.47 Å². The Hall–Kier alpha value is -1.22. The molecule has 1 N–H and O–H groups in total. The quantitative estimate of drug-likeness (QED) is 0.724.